The lowest BCUT2D eigenvalue weighted by molar-refractivity contribution is 0.373. The number of phenolic OH excluding ortho intramolecular Hbond substituents is 1. The second kappa shape index (κ2) is 6.09. The highest BCUT2D eigenvalue weighted by Crippen LogP contribution is 2.35. The minimum atomic E-state index is -0.123. The highest BCUT2D eigenvalue weighted by atomic mass is 35.5. The summed E-state index contributed by atoms with van der Waals surface area (Å²) >= 11 is 5.91. The van der Waals surface area contributed by atoms with Gasteiger partial charge in [-0.15, -0.1) is 0 Å². The molecular weight excluding hydrogens is 276 g/mol. The number of rotatable bonds is 3. The van der Waals surface area contributed by atoms with Gasteiger partial charge < -0.3 is 9.84 Å². The van der Waals surface area contributed by atoms with Gasteiger partial charge in [0.2, 0.25) is 0 Å². The molecule has 0 atom stereocenters. The van der Waals surface area contributed by atoms with Crippen LogP contribution < -0.4 is 4.74 Å². The number of hydrogen-bond acceptors (Lipinski definition) is 4. The maximum Gasteiger partial charge on any atom is 0.176 e. The first-order valence-corrected chi connectivity index (χ1v) is 6.13. The standard InChI is InChI=1S/C15H11ClN2O2/c1-20-14-8-10(7-12(16)15(14)19)6-11(9-17)13-4-2-3-5-18-13/h2-8,19H,1H3/b11-6+. The average molecular weight is 287 g/mol. The van der Waals surface area contributed by atoms with E-state index in [0.29, 0.717) is 16.8 Å². The number of aromatic hydroxyl groups is 1. The molecule has 0 fully saturated rings. The predicted molar refractivity (Wildman–Crippen MR) is 77.4 cm³/mol. The summed E-state index contributed by atoms with van der Waals surface area (Å²) in [6.45, 7) is 0. The highest BCUT2D eigenvalue weighted by molar-refractivity contribution is 6.32. The fourth-order valence-corrected chi connectivity index (χ4v) is 1.90. The summed E-state index contributed by atoms with van der Waals surface area (Å²) in [5.74, 6) is 0.129. The summed E-state index contributed by atoms with van der Waals surface area (Å²) in [5.41, 5.74) is 1.61. The van der Waals surface area contributed by atoms with E-state index in [-0.39, 0.29) is 16.5 Å². The van der Waals surface area contributed by atoms with E-state index in [1.54, 1.807) is 42.6 Å². The molecule has 0 bridgehead atoms. The Morgan fingerprint density at radius 2 is 2.25 bits per heavy atom. The van der Waals surface area contributed by atoms with Crippen LogP contribution in [0.2, 0.25) is 5.02 Å². The van der Waals surface area contributed by atoms with Gasteiger partial charge >= 0.3 is 0 Å². The van der Waals surface area contributed by atoms with Crippen LogP contribution in [0.3, 0.4) is 0 Å². The van der Waals surface area contributed by atoms with Crippen LogP contribution in [0.1, 0.15) is 11.3 Å². The Morgan fingerprint density at radius 3 is 2.85 bits per heavy atom. The number of allylic oxidation sites excluding steroid dienone is 1. The van der Waals surface area contributed by atoms with Crippen molar-refractivity contribution in [3.05, 3.63) is 52.8 Å². The molecule has 0 aliphatic carbocycles. The van der Waals surface area contributed by atoms with Gasteiger partial charge in [-0.25, -0.2) is 0 Å². The molecule has 4 nitrogen and oxygen atoms in total. The number of nitrogens with zero attached hydrogens (tertiary/aromatic N) is 2. The van der Waals surface area contributed by atoms with Crippen molar-refractivity contribution in [3.8, 4) is 17.6 Å². The van der Waals surface area contributed by atoms with Gasteiger partial charge in [0.05, 0.1) is 23.4 Å². The van der Waals surface area contributed by atoms with Crippen molar-refractivity contribution in [3.63, 3.8) is 0 Å². The van der Waals surface area contributed by atoms with E-state index in [9.17, 15) is 10.4 Å². The molecule has 2 rings (SSSR count). The Bertz CT molecular complexity index is 691. The number of hydrogen-bond donors (Lipinski definition) is 1. The van der Waals surface area contributed by atoms with Gasteiger partial charge in [0.1, 0.15) is 6.07 Å². The van der Waals surface area contributed by atoms with Crippen LogP contribution in [0, 0.1) is 11.3 Å². The number of benzene rings is 1. The van der Waals surface area contributed by atoms with E-state index in [2.05, 4.69) is 11.1 Å². The first-order chi connectivity index (χ1) is 9.65. The first kappa shape index (κ1) is 13.9. The van der Waals surface area contributed by atoms with Gasteiger partial charge in [0.25, 0.3) is 0 Å². The summed E-state index contributed by atoms with van der Waals surface area (Å²) in [7, 11) is 1.43. The lowest BCUT2D eigenvalue weighted by Gasteiger charge is -2.06. The van der Waals surface area contributed by atoms with Crippen LogP contribution in [0.5, 0.6) is 11.5 Å². The second-order valence-corrected chi connectivity index (χ2v) is 4.35. The van der Waals surface area contributed by atoms with Gasteiger partial charge in [0, 0.05) is 6.20 Å². The SMILES string of the molecule is COc1cc(/C=C(\C#N)c2ccccn2)cc(Cl)c1O. The van der Waals surface area contributed by atoms with E-state index >= 15 is 0 Å². The Kier molecular flexibility index (Phi) is 4.24. The van der Waals surface area contributed by atoms with Crippen LogP contribution >= 0.6 is 11.6 Å². The number of halogens is 1. The van der Waals surface area contributed by atoms with Crippen molar-refractivity contribution in [2.75, 3.05) is 7.11 Å². The number of aromatic nitrogens is 1. The quantitative estimate of drug-likeness (QED) is 0.877. The second-order valence-electron chi connectivity index (χ2n) is 3.94. The number of methoxy groups -OCH3 is 1. The van der Waals surface area contributed by atoms with Crippen LogP contribution in [0.25, 0.3) is 11.6 Å². The molecule has 1 aromatic carbocycles. The van der Waals surface area contributed by atoms with Crippen molar-refractivity contribution in [2.24, 2.45) is 0 Å². The third kappa shape index (κ3) is 2.90. The lowest BCUT2D eigenvalue weighted by Crippen LogP contribution is -1.88. The largest absolute Gasteiger partial charge is 0.503 e. The molecule has 100 valence electrons. The van der Waals surface area contributed by atoms with Crippen molar-refractivity contribution >= 4 is 23.3 Å². The number of pyridine rings is 1. The molecule has 0 saturated carbocycles. The minimum Gasteiger partial charge on any atom is -0.503 e. The minimum absolute atomic E-state index is 0.123. The van der Waals surface area contributed by atoms with E-state index < -0.39 is 0 Å². The summed E-state index contributed by atoms with van der Waals surface area (Å²) in [4.78, 5) is 4.12. The molecule has 0 aliphatic rings. The van der Waals surface area contributed by atoms with E-state index in [4.69, 9.17) is 16.3 Å². The Hall–Kier alpha value is -2.51. The molecular formula is C15H11ClN2O2. The predicted octanol–water partition coefficient (Wildman–Crippen LogP) is 3.51. The van der Waals surface area contributed by atoms with Crippen LogP contribution in [-0.2, 0) is 0 Å². The number of ether oxygens (including phenoxy) is 1. The molecule has 20 heavy (non-hydrogen) atoms. The van der Waals surface area contributed by atoms with Gasteiger partial charge in [-0.2, -0.15) is 5.26 Å². The van der Waals surface area contributed by atoms with Crippen molar-refractivity contribution in [1.29, 1.82) is 5.26 Å². The zero-order valence-corrected chi connectivity index (χ0v) is 11.4. The van der Waals surface area contributed by atoms with Crippen molar-refractivity contribution in [2.45, 2.75) is 0 Å². The highest BCUT2D eigenvalue weighted by Gasteiger charge is 2.09. The molecule has 0 saturated heterocycles. The van der Waals surface area contributed by atoms with Gasteiger partial charge in [-0.1, -0.05) is 17.7 Å². The third-order valence-corrected chi connectivity index (χ3v) is 2.93. The molecule has 0 spiro atoms. The fraction of sp³-hybridized carbons (Fsp3) is 0.0667. The summed E-state index contributed by atoms with van der Waals surface area (Å²) < 4.78 is 5.03. The molecule has 0 radical (unpaired) electrons. The van der Waals surface area contributed by atoms with Gasteiger partial charge in [-0.05, 0) is 35.9 Å². The zero-order valence-electron chi connectivity index (χ0n) is 10.7. The molecule has 1 aromatic heterocycles. The van der Waals surface area contributed by atoms with Crippen LogP contribution in [0.15, 0.2) is 36.5 Å². The zero-order chi connectivity index (χ0) is 14.5. The lowest BCUT2D eigenvalue weighted by atomic mass is 10.1. The molecule has 2 aromatic rings. The topological polar surface area (TPSA) is 66.1 Å². The Labute approximate surface area is 121 Å². The Morgan fingerprint density at radius 1 is 1.45 bits per heavy atom. The van der Waals surface area contributed by atoms with E-state index in [0.717, 1.165) is 0 Å². The molecule has 0 amide bonds. The van der Waals surface area contributed by atoms with Gasteiger partial charge in [-0.3, -0.25) is 4.98 Å². The van der Waals surface area contributed by atoms with Gasteiger partial charge in [0.15, 0.2) is 11.5 Å². The smallest absolute Gasteiger partial charge is 0.176 e. The van der Waals surface area contributed by atoms with Crippen molar-refractivity contribution < 1.29 is 9.84 Å². The van der Waals surface area contributed by atoms with E-state index in [1.807, 2.05) is 0 Å². The number of phenols is 1. The summed E-state index contributed by atoms with van der Waals surface area (Å²) in [6, 6.07) is 10.6. The maximum atomic E-state index is 9.68. The van der Waals surface area contributed by atoms with Crippen LogP contribution in [0.4, 0.5) is 0 Å². The average Bonchev–Trinajstić information content (AvgIpc) is 2.49. The van der Waals surface area contributed by atoms with E-state index in [1.165, 1.54) is 7.11 Å². The first-order valence-electron chi connectivity index (χ1n) is 5.75. The molecule has 0 aliphatic heterocycles. The summed E-state index contributed by atoms with van der Waals surface area (Å²) in [5, 5.41) is 19.1. The maximum absolute atomic E-state index is 9.68. The molecule has 0 unspecified atom stereocenters. The molecule has 5 heteroatoms. The fourth-order valence-electron chi connectivity index (χ4n) is 1.68. The molecule has 1 N–H and O–H groups in total. The summed E-state index contributed by atoms with van der Waals surface area (Å²) in [6.07, 6.45) is 3.25. The van der Waals surface area contributed by atoms with Crippen LogP contribution in [-0.4, -0.2) is 17.2 Å². The monoisotopic (exact) mass is 286 g/mol. The third-order valence-electron chi connectivity index (χ3n) is 2.64. The van der Waals surface area contributed by atoms with Crippen molar-refractivity contribution in [1.82, 2.24) is 4.98 Å². The normalized spacial score (nSPS) is 10.9. The molecule has 1 heterocycles. The number of nitriles is 1. The Balaban J connectivity index is 2.49.